The van der Waals surface area contributed by atoms with Gasteiger partial charge in [0.1, 0.15) is 0 Å². The summed E-state index contributed by atoms with van der Waals surface area (Å²) in [5.74, 6) is -0.0307. The first-order valence-corrected chi connectivity index (χ1v) is 10.1. The zero-order valence-corrected chi connectivity index (χ0v) is 18.7. The van der Waals surface area contributed by atoms with Crippen molar-refractivity contribution >= 4 is 24.1 Å². The predicted octanol–water partition coefficient (Wildman–Crippen LogP) is 5.80. The van der Waals surface area contributed by atoms with Gasteiger partial charge in [-0.15, -0.1) is 0 Å². The molecule has 0 saturated heterocycles. The van der Waals surface area contributed by atoms with Crippen LogP contribution in [0.25, 0.3) is 18.2 Å². The van der Waals surface area contributed by atoms with Gasteiger partial charge < -0.3 is 15.6 Å². The van der Waals surface area contributed by atoms with Crippen LogP contribution in [0, 0.1) is 5.41 Å². The van der Waals surface area contributed by atoms with E-state index in [0.717, 1.165) is 28.8 Å². The Balaban J connectivity index is 2.39. The van der Waals surface area contributed by atoms with Crippen LogP contribution in [0.5, 0.6) is 0 Å². The first-order valence-electron chi connectivity index (χ1n) is 10.1. The van der Waals surface area contributed by atoms with Gasteiger partial charge >= 0.3 is 0 Å². The van der Waals surface area contributed by atoms with Crippen molar-refractivity contribution in [1.82, 2.24) is 15.6 Å². The highest BCUT2D eigenvalue weighted by Crippen LogP contribution is 2.25. The lowest BCUT2D eigenvalue weighted by molar-refractivity contribution is -0.122. The van der Waals surface area contributed by atoms with E-state index in [1.54, 1.807) is 0 Å². The molecular formula is C25H35N3O. The van der Waals surface area contributed by atoms with Gasteiger partial charge in [0.25, 0.3) is 0 Å². The monoisotopic (exact) mass is 393 g/mol. The van der Waals surface area contributed by atoms with E-state index in [4.69, 9.17) is 0 Å². The van der Waals surface area contributed by atoms with Crippen molar-refractivity contribution in [3.63, 3.8) is 0 Å². The molecule has 4 heteroatoms. The van der Waals surface area contributed by atoms with Crippen molar-refractivity contribution in [2.24, 2.45) is 5.41 Å². The summed E-state index contributed by atoms with van der Waals surface area (Å²) in [6.07, 6.45) is 13.7. The molecule has 0 bridgehead atoms. The molecule has 2 rings (SSSR count). The van der Waals surface area contributed by atoms with E-state index in [1.807, 2.05) is 33.0 Å². The van der Waals surface area contributed by atoms with E-state index >= 15 is 0 Å². The largest absolute Gasteiger partial charge is 0.375 e. The van der Waals surface area contributed by atoms with Crippen LogP contribution in [0.15, 0.2) is 48.5 Å². The Hall–Kier alpha value is -2.75. The second-order valence-electron chi connectivity index (χ2n) is 9.46. The molecule has 1 aromatic heterocycles. The number of amides is 1. The van der Waals surface area contributed by atoms with Crippen LogP contribution in [0.2, 0.25) is 0 Å². The van der Waals surface area contributed by atoms with Gasteiger partial charge in [-0.1, -0.05) is 57.7 Å². The number of rotatable bonds is 7. The predicted molar refractivity (Wildman–Crippen MR) is 125 cm³/mol. The minimum absolute atomic E-state index is 0.0307. The summed E-state index contributed by atoms with van der Waals surface area (Å²) < 4.78 is 0. The number of aromatic nitrogens is 1. The Morgan fingerprint density at radius 2 is 1.83 bits per heavy atom. The molecule has 0 saturated carbocycles. The van der Waals surface area contributed by atoms with Crippen molar-refractivity contribution in [1.29, 1.82) is 0 Å². The zero-order chi connectivity index (χ0) is 21.8. The number of nitrogens with one attached hydrogen (secondary N) is 3. The third-order valence-electron chi connectivity index (χ3n) is 4.95. The molecule has 0 atom stereocenters. The van der Waals surface area contributed by atoms with Gasteiger partial charge in [0.05, 0.1) is 16.9 Å². The average molecular weight is 394 g/mol. The molecule has 0 aliphatic heterocycles. The second-order valence-corrected chi connectivity index (χ2v) is 9.46. The van der Waals surface area contributed by atoms with Gasteiger partial charge in [-0.25, -0.2) is 0 Å². The quantitative estimate of drug-likeness (QED) is 0.405. The van der Waals surface area contributed by atoms with Gasteiger partial charge in [0.15, 0.2) is 0 Å². The van der Waals surface area contributed by atoms with E-state index in [2.05, 4.69) is 73.9 Å². The fourth-order valence-electron chi connectivity index (χ4n) is 2.94. The number of hydrogen-bond donors (Lipinski definition) is 3. The maximum Gasteiger partial charge on any atom is 0.224 e. The summed E-state index contributed by atoms with van der Waals surface area (Å²) >= 11 is 0. The number of carbonyl (C=O) groups excluding carboxylic acids is 1. The van der Waals surface area contributed by atoms with Gasteiger partial charge in [0.2, 0.25) is 5.91 Å². The molecule has 0 radical (unpaired) electrons. The van der Waals surface area contributed by atoms with Crippen LogP contribution in [-0.4, -0.2) is 16.4 Å². The SMILES string of the molecule is C=C(NC(C)(C)C(=C)C)/C(=C/c1c[nH]c2c1C=CCC=C2)NC(=O)CC(C)(C)C. The smallest absolute Gasteiger partial charge is 0.224 e. The summed E-state index contributed by atoms with van der Waals surface area (Å²) in [6, 6.07) is 0. The average Bonchev–Trinajstić information content (AvgIpc) is 2.79. The molecule has 0 spiro atoms. The minimum atomic E-state index is -0.345. The number of carbonyl (C=O) groups is 1. The van der Waals surface area contributed by atoms with Gasteiger partial charge in [0, 0.05) is 29.4 Å². The standard InChI is InChI=1S/C25H35N3O/c1-17(2)25(7,8)28-18(3)22(27-23(29)15-24(4,5)6)14-19-16-26-21-13-11-9-10-12-20(19)21/h10-14,16,26,28H,1,3,9,15H2,2,4-8H3,(H,27,29)/b22-14-. The maximum atomic E-state index is 12.7. The van der Waals surface area contributed by atoms with Gasteiger partial charge in [-0.2, -0.15) is 0 Å². The van der Waals surface area contributed by atoms with Crippen molar-refractivity contribution in [2.45, 2.75) is 59.9 Å². The summed E-state index contributed by atoms with van der Waals surface area (Å²) in [6.45, 7) is 20.5. The number of fused-ring (bicyclic) bond motifs is 1. The molecule has 1 heterocycles. The molecule has 1 aliphatic rings. The van der Waals surface area contributed by atoms with E-state index in [0.29, 0.717) is 17.8 Å². The highest BCUT2D eigenvalue weighted by atomic mass is 16.1. The third kappa shape index (κ3) is 6.38. The second kappa shape index (κ2) is 8.73. The molecule has 1 amide bonds. The summed E-state index contributed by atoms with van der Waals surface area (Å²) in [5.41, 5.74) is 5.04. The molecule has 4 nitrogen and oxygen atoms in total. The third-order valence-corrected chi connectivity index (χ3v) is 4.95. The summed E-state index contributed by atoms with van der Waals surface area (Å²) in [4.78, 5) is 16.0. The number of aromatic amines is 1. The van der Waals surface area contributed by atoms with Gasteiger partial charge in [-0.3, -0.25) is 4.79 Å². The number of H-pyrrole nitrogens is 1. The fourth-order valence-corrected chi connectivity index (χ4v) is 2.94. The van der Waals surface area contributed by atoms with E-state index in [9.17, 15) is 4.79 Å². The molecule has 0 fully saturated rings. The Morgan fingerprint density at radius 1 is 1.17 bits per heavy atom. The van der Waals surface area contributed by atoms with Crippen LogP contribution < -0.4 is 10.6 Å². The van der Waals surface area contributed by atoms with Gasteiger partial charge in [-0.05, 0) is 44.8 Å². The number of allylic oxidation sites excluding steroid dienone is 2. The lowest BCUT2D eigenvalue weighted by atomic mass is 9.92. The first-order chi connectivity index (χ1) is 13.4. The van der Waals surface area contributed by atoms with Crippen LogP contribution >= 0.6 is 0 Å². The van der Waals surface area contributed by atoms with Crippen molar-refractivity contribution in [3.05, 3.63) is 65.3 Å². The molecule has 3 N–H and O–H groups in total. The first kappa shape index (κ1) is 22.5. The molecule has 1 aromatic rings. The lowest BCUT2D eigenvalue weighted by Gasteiger charge is -2.30. The summed E-state index contributed by atoms with van der Waals surface area (Å²) in [7, 11) is 0. The van der Waals surface area contributed by atoms with Crippen LogP contribution in [-0.2, 0) is 4.79 Å². The Kier molecular flexibility index (Phi) is 6.78. The molecule has 29 heavy (non-hydrogen) atoms. The van der Waals surface area contributed by atoms with E-state index in [-0.39, 0.29) is 16.9 Å². The highest BCUT2D eigenvalue weighted by molar-refractivity contribution is 5.82. The highest BCUT2D eigenvalue weighted by Gasteiger charge is 2.22. The minimum Gasteiger partial charge on any atom is -0.375 e. The van der Waals surface area contributed by atoms with Crippen LogP contribution in [0.4, 0.5) is 0 Å². The Bertz CT molecular complexity index is 886. The van der Waals surface area contributed by atoms with Crippen molar-refractivity contribution < 1.29 is 4.79 Å². The van der Waals surface area contributed by atoms with Crippen molar-refractivity contribution in [3.8, 4) is 0 Å². The van der Waals surface area contributed by atoms with Crippen LogP contribution in [0.3, 0.4) is 0 Å². The fraction of sp³-hybridized carbons (Fsp3) is 0.400. The molecule has 0 unspecified atom stereocenters. The normalized spacial score (nSPS) is 14.2. The number of hydrogen-bond acceptors (Lipinski definition) is 2. The topological polar surface area (TPSA) is 56.9 Å². The molecular weight excluding hydrogens is 358 g/mol. The van der Waals surface area contributed by atoms with Crippen LogP contribution in [0.1, 0.15) is 71.2 Å². The maximum absolute atomic E-state index is 12.7. The van der Waals surface area contributed by atoms with E-state index < -0.39 is 0 Å². The summed E-state index contributed by atoms with van der Waals surface area (Å²) in [5, 5.41) is 6.48. The molecule has 1 aliphatic carbocycles. The van der Waals surface area contributed by atoms with Crippen molar-refractivity contribution in [2.75, 3.05) is 0 Å². The zero-order valence-electron chi connectivity index (χ0n) is 18.7. The Morgan fingerprint density at radius 3 is 2.45 bits per heavy atom. The Labute approximate surface area is 175 Å². The lowest BCUT2D eigenvalue weighted by Crippen LogP contribution is -2.41. The molecule has 156 valence electrons. The van der Waals surface area contributed by atoms with E-state index in [1.165, 1.54) is 0 Å². The molecule has 0 aromatic carbocycles.